The number of hydrogen-bond acceptors (Lipinski definition) is 3. The van der Waals surface area contributed by atoms with Gasteiger partial charge in [-0.1, -0.05) is 49.4 Å². The number of Topliss-reactive ketones (excluding diaryl/α,β-unsaturated/α-hetero) is 1. The first-order valence-corrected chi connectivity index (χ1v) is 9.18. The number of ether oxygens (including phenoxy) is 1. The lowest BCUT2D eigenvalue weighted by Crippen LogP contribution is -2.10. The summed E-state index contributed by atoms with van der Waals surface area (Å²) in [7, 11) is 0. The summed E-state index contributed by atoms with van der Waals surface area (Å²) in [5.74, 6) is 0.592. The molecule has 128 valence electrons. The molecular formula is C18H25Cl2NO2. The summed E-state index contributed by atoms with van der Waals surface area (Å²) >= 11 is 12.5. The van der Waals surface area contributed by atoms with Crippen LogP contribution in [0.3, 0.4) is 0 Å². The van der Waals surface area contributed by atoms with Crippen LogP contribution in [-0.2, 0) is 0 Å². The van der Waals surface area contributed by atoms with Crippen molar-refractivity contribution >= 4 is 29.0 Å². The van der Waals surface area contributed by atoms with Gasteiger partial charge < -0.3 is 4.74 Å². The molecule has 0 amide bonds. The molecule has 0 radical (unpaired) electrons. The molecule has 1 aromatic rings. The Kier molecular flexibility index (Phi) is 7.19. The Balaban J connectivity index is 1.89. The predicted molar refractivity (Wildman–Crippen MR) is 96.1 cm³/mol. The highest BCUT2D eigenvalue weighted by Gasteiger charge is 2.29. The quantitative estimate of drug-likeness (QED) is 0.326. The first-order chi connectivity index (χ1) is 11.0. The van der Waals surface area contributed by atoms with Gasteiger partial charge in [0.15, 0.2) is 5.78 Å². The summed E-state index contributed by atoms with van der Waals surface area (Å²) in [6.45, 7) is 6.81. The lowest BCUT2D eigenvalue weighted by molar-refractivity contribution is 0.0977. The molecule has 1 aliphatic rings. The zero-order valence-electron chi connectivity index (χ0n) is 13.9. The van der Waals surface area contributed by atoms with Crippen molar-refractivity contribution in [2.45, 2.75) is 52.0 Å². The Labute approximate surface area is 148 Å². The zero-order valence-corrected chi connectivity index (χ0v) is 15.4. The molecule has 0 N–H and O–H groups in total. The number of unbranched alkanes of at least 4 members (excludes halogenated alkanes) is 3. The summed E-state index contributed by atoms with van der Waals surface area (Å²) < 4.78 is 5.69. The molecule has 1 heterocycles. The van der Waals surface area contributed by atoms with E-state index in [4.69, 9.17) is 27.9 Å². The van der Waals surface area contributed by atoms with Crippen molar-refractivity contribution in [3.8, 4) is 5.75 Å². The van der Waals surface area contributed by atoms with Gasteiger partial charge in [-0.05, 0) is 25.5 Å². The molecule has 23 heavy (non-hydrogen) atoms. The molecule has 0 spiro atoms. The Morgan fingerprint density at radius 1 is 1.26 bits per heavy atom. The van der Waals surface area contributed by atoms with Crippen LogP contribution in [0.15, 0.2) is 12.1 Å². The van der Waals surface area contributed by atoms with Crippen LogP contribution in [0.1, 0.15) is 56.3 Å². The molecule has 5 heteroatoms. The highest BCUT2D eigenvalue weighted by molar-refractivity contribution is 6.44. The average molecular weight is 358 g/mol. The molecule has 0 bridgehead atoms. The largest absolute Gasteiger partial charge is 0.492 e. The van der Waals surface area contributed by atoms with Crippen molar-refractivity contribution in [2.75, 3.05) is 19.7 Å². The maximum absolute atomic E-state index is 12.3. The summed E-state index contributed by atoms with van der Waals surface area (Å²) in [5.41, 5.74) is 0.490. The van der Waals surface area contributed by atoms with Crippen LogP contribution < -0.4 is 4.74 Å². The Bertz CT molecular complexity index is 548. The number of hydrogen-bond donors (Lipinski definition) is 0. The molecule has 2 rings (SSSR count). The molecule has 1 aromatic carbocycles. The Hall–Kier alpha value is -0.770. The third kappa shape index (κ3) is 5.37. The molecule has 1 aliphatic heterocycles. The van der Waals surface area contributed by atoms with E-state index in [1.807, 2.05) is 0 Å². The number of nitrogens with zero attached hydrogens (tertiary/aromatic N) is 1. The van der Waals surface area contributed by atoms with Gasteiger partial charge in [-0.3, -0.25) is 9.69 Å². The van der Waals surface area contributed by atoms with Crippen LogP contribution in [0.5, 0.6) is 5.75 Å². The van der Waals surface area contributed by atoms with Crippen molar-refractivity contribution in [1.82, 2.24) is 4.90 Å². The highest BCUT2D eigenvalue weighted by Crippen LogP contribution is 2.35. The van der Waals surface area contributed by atoms with Gasteiger partial charge in [-0.2, -0.15) is 0 Å². The van der Waals surface area contributed by atoms with Crippen LogP contribution >= 0.6 is 23.2 Å². The lowest BCUT2D eigenvalue weighted by atomic mass is 10.1. The SMILES string of the molecule is CCCCCCOc1ccc(C(=O)CCN2CC2C)c(Cl)c1Cl. The molecule has 1 saturated heterocycles. The molecule has 0 aromatic heterocycles. The molecular weight excluding hydrogens is 333 g/mol. The lowest BCUT2D eigenvalue weighted by Gasteiger charge is -2.12. The minimum absolute atomic E-state index is 0.0329. The summed E-state index contributed by atoms with van der Waals surface area (Å²) in [6, 6.07) is 4.08. The van der Waals surface area contributed by atoms with Crippen LogP contribution in [0.25, 0.3) is 0 Å². The van der Waals surface area contributed by atoms with Crippen molar-refractivity contribution in [3.05, 3.63) is 27.7 Å². The van der Waals surface area contributed by atoms with E-state index in [0.29, 0.717) is 40.4 Å². The Morgan fingerprint density at radius 3 is 2.65 bits per heavy atom. The van der Waals surface area contributed by atoms with Crippen molar-refractivity contribution < 1.29 is 9.53 Å². The van der Waals surface area contributed by atoms with Crippen LogP contribution in [0.4, 0.5) is 0 Å². The first-order valence-electron chi connectivity index (χ1n) is 8.42. The molecule has 2 unspecified atom stereocenters. The second-order valence-electron chi connectivity index (χ2n) is 6.17. The van der Waals surface area contributed by atoms with E-state index in [-0.39, 0.29) is 5.78 Å². The van der Waals surface area contributed by atoms with E-state index in [1.54, 1.807) is 12.1 Å². The fourth-order valence-electron chi connectivity index (χ4n) is 2.55. The van der Waals surface area contributed by atoms with Crippen LogP contribution in [-0.4, -0.2) is 36.4 Å². The number of benzene rings is 1. The smallest absolute Gasteiger partial charge is 0.165 e. The number of carbonyl (C=O) groups is 1. The second-order valence-corrected chi connectivity index (χ2v) is 6.92. The van der Waals surface area contributed by atoms with E-state index < -0.39 is 0 Å². The molecule has 1 fully saturated rings. The van der Waals surface area contributed by atoms with Crippen LogP contribution in [0.2, 0.25) is 10.0 Å². The normalized spacial score (nSPS) is 19.7. The van der Waals surface area contributed by atoms with E-state index in [1.165, 1.54) is 12.8 Å². The Morgan fingerprint density at radius 2 is 2.00 bits per heavy atom. The third-order valence-electron chi connectivity index (χ3n) is 4.22. The van der Waals surface area contributed by atoms with E-state index in [9.17, 15) is 4.79 Å². The maximum Gasteiger partial charge on any atom is 0.165 e. The molecule has 0 aliphatic carbocycles. The van der Waals surface area contributed by atoms with Crippen molar-refractivity contribution in [3.63, 3.8) is 0 Å². The first kappa shape index (κ1) is 18.6. The standard InChI is InChI=1S/C18H25Cl2NO2/c1-3-4-5-6-11-23-16-8-7-14(17(19)18(16)20)15(22)9-10-21-12-13(21)2/h7-8,13H,3-6,9-12H2,1-2H3. The summed E-state index contributed by atoms with van der Waals surface area (Å²) in [5, 5.41) is 0.648. The van der Waals surface area contributed by atoms with E-state index >= 15 is 0 Å². The fraction of sp³-hybridized carbons (Fsp3) is 0.611. The van der Waals surface area contributed by atoms with Gasteiger partial charge in [-0.25, -0.2) is 0 Å². The molecule has 3 nitrogen and oxygen atoms in total. The highest BCUT2D eigenvalue weighted by atomic mass is 35.5. The minimum atomic E-state index is 0.0329. The molecule has 2 atom stereocenters. The third-order valence-corrected chi connectivity index (χ3v) is 5.08. The fourth-order valence-corrected chi connectivity index (χ4v) is 3.03. The van der Waals surface area contributed by atoms with Gasteiger partial charge in [0.2, 0.25) is 0 Å². The summed E-state index contributed by atoms with van der Waals surface area (Å²) in [4.78, 5) is 14.5. The van der Waals surface area contributed by atoms with Crippen molar-refractivity contribution in [2.24, 2.45) is 0 Å². The van der Waals surface area contributed by atoms with Crippen LogP contribution in [0, 0.1) is 0 Å². The second kappa shape index (κ2) is 8.91. The molecule has 0 saturated carbocycles. The van der Waals surface area contributed by atoms with Gasteiger partial charge in [0.25, 0.3) is 0 Å². The summed E-state index contributed by atoms with van der Waals surface area (Å²) in [6.07, 6.45) is 5.02. The number of carbonyl (C=O) groups excluding carboxylic acids is 1. The van der Waals surface area contributed by atoms with Gasteiger partial charge in [0.05, 0.1) is 11.6 Å². The van der Waals surface area contributed by atoms with E-state index in [0.717, 1.165) is 25.9 Å². The predicted octanol–water partition coefficient (Wildman–Crippen LogP) is 5.23. The van der Waals surface area contributed by atoms with Gasteiger partial charge in [0, 0.05) is 31.1 Å². The number of ketones is 1. The topological polar surface area (TPSA) is 29.3 Å². The maximum atomic E-state index is 12.3. The zero-order chi connectivity index (χ0) is 16.8. The number of halogens is 2. The number of rotatable bonds is 10. The van der Waals surface area contributed by atoms with Gasteiger partial charge >= 0.3 is 0 Å². The minimum Gasteiger partial charge on any atom is -0.492 e. The van der Waals surface area contributed by atoms with Crippen molar-refractivity contribution in [1.29, 1.82) is 0 Å². The van der Waals surface area contributed by atoms with Gasteiger partial charge in [-0.15, -0.1) is 0 Å². The monoisotopic (exact) mass is 357 g/mol. The van der Waals surface area contributed by atoms with E-state index in [2.05, 4.69) is 18.7 Å². The average Bonchev–Trinajstić information content (AvgIpc) is 3.24. The van der Waals surface area contributed by atoms with Gasteiger partial charge in [0.1, 0.15) is 10.8 Å².